The van der Waals surface area contributed by atoms with Crippen LogP contribution < -0.4 is 10.6 Å². The van der Waals surface area contributed by atoms with Gasteiger partial charge in [-0.2, -0.15) is 0 Å². The molecule has 30 heavy (non-hydrogen) atoms. The number of halogens is 1. The van der Waals surface area contributed by atoms with Crippen molar-refractivity contribution in [3.05, 3.63) is 63.6 Å². The first-order valence-corrected chi connectivity index (χ1v) is 10.4. The summed E-state index contributed by atoms with van der Waals surface area (Å²) in [5.74, 6) is 0.357. The summed E-state index contributed by atoms with van der Waals surface area (Å²) >= 11 is 1.35. The van der Waals surface area contributed by atoms with Crippen molar-refractivity contribution < 1.29 is 9.53 Å². The van der Waals surface area contributed by atoms with E-state index in [1.54, 1.807) is 14.0 Å². The van der Waals surface area contributed by atoms with Crippen LogP contribution in [0.4, 0.5) is 0 Å². The molecule has 2 N–H and O–H groups in total. The zero-order valence-electron chi connectivity index (χ0n) is 17.6. The quantitative estimate of drug-likeness (QED) is 0.204. The monoisotopic (exact) mass is 538 g/mol. The fraction of sp³-hybridized carbons (Fsp3) is 0.318. The molecule has 0 spiro atoms. The van der Waals surface area contributed by atoms with Crippen molar-refractivity contribution >= 4 is 58.0 Å². The lowest BCUT2D eigenvalue weighted by Gasteiger charge is -2.17. The highest BCUT2D eigenvalue weighted by atomic mass is 127. The summed E-state index contributed by atoms with van der Waals surface area (Å²) in [6.07, 6.45) is 0. The van der Waals surface area contributed by atoms with E-state index in [2.05, 4.69) is 50.9 Å². The molecule has 0 saturated heterocycles. The van der Waals surface area contributed by atoms with Gasteiger partial charge in [-0.15, -0.1) is 35.3 Å². The van der Waals surface area contributed by atoms with Crippen LogP contribution in [0.5, 0.6) is 0 Å². The van der Waals surface area contributed by atoms with E-state index in [1.165, 1.54) is 27.7 Å². The normalized spacial score (nSPS) is 12.2. The molecule has 1 heterocycles. The largest absolute Gasteiger partial charge is 0.462 e. The second-order valence-electron chi connectivity index (χ2n) is 6.62. The molecule has 0 aliphatic heterocycles. The van der Waals surface area contributed by atoms with Gasteiger partial charge in [0, 0.05) is 13.6 Å². The van der Waals surface area contributed by atoms with Crippen molar-refractivity contribution in [3.63, 3.8) is 0 Å². The molecule has 2 aromatic carbocycles. The standard InChI is InChI=1S/C22H26N4O2S.HI/c1-5-28-21(27)19-14(2)25-20(29-19)15(3)26-22(23-4)24-13-17-11-8-10-16-9-6-7-12-18(16)17;/h6-12,15H,5,13H2,1-4H3,(H2,23,24,26);1H. The van der Waals surface area contributed by atoms with Crippen LogP contribution in [-0.4, -0.2) is 30.6 Å². The predicted octanol–water partition coefficient (Wildman–Crippen LogP) is 4.83. The van der Waals surface area contributed by atoms with Gasteiger partial charge in [-0.3, -0.25) is 4.99 Å². The molecule has 8 heteroatoms. The summed E-state index contributed by atoms with van der Waals surface area (Å²) in [6.45, 7) is 6.62. The van der Waals surface area contributed by atoms with Crippen LogP contribution in [0.3, 0.4) is 0 Å². The van der Waals surface area contributed by atoms with Crippen LogP contribution in [0, 0.1) is 6.92 Å². The zero-order valence-corrected chi connectivity index (χ0v) is 20.7. The summed E-state index contributed by atoms with van der Waals surface area (Å²) in [6, 6.07) is 14.5. The van der Waals surface area contributed by atoms with Crippen molar-refractivity contribution in [2.24, 2.45) is 4.99 Å². The molecule has 3 rings (SSSR count). The van der Waals surface area contributed by atoms with Crippen LogP contribution in [0.15, 0.2) is 47.5 Å². The number of thiazole rings is 1. The first kappa shape index (κ1) is 24.1. The molecule has 0 fully saturated rings. The van der Waals surface area contributed by atoms with Gasteiger partial charge in [0.15, 0.2) is 5.96 Å². The Hall–Kier alpha value is -2.20. The van der Waals surface area contributed by atoms with E-state index in [0.29, 0.717) is 29.7 Å². The van der Waals surface area contributed by atoms with E-state index < -0.39 is 0 Å². The van der Waals surface area contributed by atoms with Gasteiger partial charge < -0.3 is 15.4 Å². The molecule has 3 aromatic rings. The second-order valence-corrected chi connectivity index (χ2v) is 7.65. The van der Waals surface area contributed by atoms with Gasteiger partial charge in [0.25, 0.3) is 0 Å². The Morgan fingerprint density at radius 2 is 1.97 bits per heavy atom. The number of carbonyl (C=O) groups is 1. The molecule has 0 aliphatic carbocycles. The Kier molecular flexibility index (Phi) is 9.04. The maximum absolute atomic E-state index is 12.0. The summed E-state index contributed by atoms with van der Waals surface area (Å²) in [5.41, 5.74) is 1.89. The van der Waals surface area contributed by atoms with Crippen LogP contribution in [0.2, 0.25) is 0 Å². The number of nitrogens with zero attached hydrogens (tertiary/aromatic N) is 2. The summed E-state index contributed by atoms with van der Waals surface area (Å²) in [5, 5.41) is 9.97. The van der Waals surface area contributed by atoms with Crippen molar-refractivity contribution in [2.45, 2.75) is 33.4 Å². The van der Waals surface area contributed by atoms with Crippen molar-refractivity contribution in [1.82, 2.24) is 15.6 Å². The number of benzene rings is 2. The lowest BCUT2D eigenvalue weighted by molar-refractivity contribution is 0.0531. The smallest absolute Gasteiger partial charge is 0.350 e. The molecular formula is C22H27IN4O2S. The average Bonchev–Trinajstić information content (AvgIpc) is 3.13. The molecule has 1 aromatic heterocycles. The average molecular weight is 538 g/mol. The van der Waals surface area contributed by atoms with E-state index in [9.17, 15) is 4.79 Å². The minimum Gasteiger partial charge on any atom is -0.462 e. The Morgan fingerprint density at radius 3 is 2.70 bits per heavy atom. The zero-order chi connectivity index (χ0) is 20.8. The lowest BCUT2D eigenvalue weighted by Crippen LogP contribution is -2.38. The fourth-order valence-electron chi connectivity index (χ4n) is 3.08. The number of hydrogen-bond donors (Lipinski definition) is 2. The minimum absolute atomic E-state index is 0. The highest BCUT2D eigenvalue weighted by molar-refractivity contribution is 14.0. The van der Waals surface area contributed by atoms with Crippen LogP contribution >= 0.6 is 35.3 Å². The van der Waals surface area contributed by atoms with Gasteiger partial charge in [0.1, 0.15) is 9.88 Å². The van der Waals surface area contributed by atoms with Crippen LogP contribution in [0.25, 0.3) is 10.8 Å². The number of carbonyl (C=O) groups excluding carboxylic acids is 1. The van der Waals surface area contributed by atoms with Gasteiger partial charge >= 0.3 is 5.97 Å². The number of aliphatic imine (C=N–C) groups is 1. The number of aryl methyl sites for hydroxylation is 1. The van der Waals surface area contributed by atoms with Gasteiger partial charge in [0.2, 0.25) is 0 Å². The van der Waals surface area contributed by atoms with E-state index in [0.717, 1.165) is 5.01 Å². The Balaban J connectivity index is 0.00000320. The SMILES string of the molecule is CCOC(=O)c1sc(C(C)NC(=NC)NCc2cccc3ccccc23)nc1C.I. The number of hydrogen-bond acceptors (Lipinski definition) is 5. The number of guanidine groups is 1. The maximum atomic E-state index is 12.0. The van der Waals surface area contributed by atoms with E-state index in [-0.39, 0.29) is 36.0 Å². The summed E-state index contributed by atoms with van der Waals surface area (Å²) in [4.78, 5) is 21.4. The molecule has 0 saturated carbocycles. The van der Waals surface area contributed by atoms with Crippen molar-refractivity contribution in [3.8, 4) is 0 Å². The third-order valence-electron chi connectivity index (χ3n) is 4.55. The summed E-state index contributed by atoms with van der Waals surface area (Å²) in [7, 11) is 1.74. The molecule has 0 amide bonds. The first-order valence-electron chi connectivity index (χ1n) is 9.61. The Bertz CT molecular complexity index is 1030. The number of rotatable bonds is 6. The van der Waals surface area contributed by atoms with Crippen LogP contribution in [-0.2, 0) is 11.3 Å². The van der Waals surface area contributed by atoms with Crippen molar-refractivity contribution in [2.75, 3.05) is 13.7 Å². The fourth-order valence-corrected chi connectivity index (χ4v) is 4.04. The van der Waals surface area contributed by atoms with E-state index >= 15 is 0 Å². The third kappa shape index (κ3) is 5.69. The molecule has 0 radical (unpaired) electrons. The topological polar surface area (TPSA) is 75.6 Å². The molecule has 0 bridgehead atoms. The number of nitrogens with one attached hydrogen (secondary N) is 2. The first-order chi connectivity index (χ1) is 14.0. The summed E-state index contributed by atoms with van der Waals surface area (Å²) < 4.78 is 5.10. The number of ether oxygens (including phenoxy) is 1. The van der Waals surface area contributed by atoms with Gasteiger partial charge in [-0.1, -0.05) is 42.5 Å². The number of aromatic nitrogens is 1. The number of fused-ring (bicyclic) bond motifs is 1. The number of esters is 1. The minimum atomic E-state index is -0.320. The van der Waals surface area contributed by atoms with E-state index in [1.807, 2.05) is 26.0 Å². The van der Waals surface area contributed by atoms with Crippen molar-refractivity contribution in [1.29, 1.82) is 0 Å². The Labute approximate surface area is 198 Å². The molecule has 160 valence electrons. The molecular weight excluding hydrogens is 511 g/mol. The van der Waals surface area contributed by atoms with E-state index in [4.69, 9.17) is 4.74 Å². The molecule has 1 unspecified atom stereocenters. The predicted molar refractivity (Wildman–Crippen MR) is 134 cm³/mol. The Morgan fingerprint density at radius 1 is 1.23 bits per heavy atom. The highest BCUT2D eigenvalue weighted by Crippen LogP contribution is 2.24. The lowest BCUT2D eigenvalue weighted by atomic mass is 10.0. The van der Waals surface area contributed by atoms with Gasteiger partial charge in [-0.05, 0) is 37.1 Å². The molecule has 1 atom stereocenters. The molecule has 6 nitrogen and oxygen atoms in total. The van der Waals surface area contributed by atoms with Gasteiger partial charge in [-0.25, -0.2) is 9.78 Å². The second kappa shape index (κ2) is 11.3. The third-order valence-corrected chi connectivity index (χ3v) is 5.87. The van der Waals surface area contributed by atoms with Crippen LogP contribution in [0.1, 0.15) is 45.8 Å². The van der Waals surface area contributed by atoms with Gasteiger partial charge in [0.05, 0.1) is 18.3 Å². The highest BCUT2D eigenvalue weighted by Gasteiger charge is 2.20. The maximum Gasteiger partial charge on any atom is 0.350 e. The molecule has 0 aliphatic rings.